The molecule has 0 heterocycles. The average Bonchev–Trinajstić information content (AvgIpc) is 2.45. The molecule has 2 nitrogen and oxygen atoms in total. The first-order valence-corrected chi connectivity index (χ1v) is 6.80. The van der Waals surface area contributed by atoms with Gasteiger partial charge in [0, 0.05) is 5.69 Å². The molecule has 0 saturated carbocycles. The number of amides is 1. The SMILES string of the molecule is CC[C@@H](C(=O)Nc1ccc(F)c(Cl)c1)c1ccccc1. The summed E-state index contributed by atoms with van der Waals surface area (Å²) in [6.07, 6.45) is 0.685. The Morgan fingerprint density at radius 1 is 1.25 bits per heavy atom. The van der Waals surface area contributed by atoms with Crippen LogP contribution in [0.2, 0.25) is 5.02 Å². The Bertz CT molecular complexity index is 601. The molecule has 4 heteroatoms. The molecule has 2 aromatic rings. The van der Waals surface area contributed by atoms with Gasteiger partial charge in [-0.05, 0) is 30.2 Å². The van der Waals surface area contributed by atoms with Gasteiger partial charge in [-0.25, -0.2) is 4.39 Å². The van der Waals surface area contributed by atoms with E-state index in [9.17, 15) is 9.18 Å². The molecule has 0 spiro atoms. The van der Waals surface area contributed by atoms with Crippen LogP contribution >= 0.6 is 11.6 Å². The highest BCUT2D eigenvalue weighted by Crippen LogP contribution is 2.23. The molecule has 1 atom stereocenters. The van der Waals surface area contributed by atoms with E-state index in [0.717, 1.165) is 5.56 Å². The molecule has 0 saturated heterocycles. The second-order valence-corrected chi connectivity index (χ2v) is 4.90. The largest absolute Gasteiger partial charge is 0.326 e. The minimum atomic E-state index is -0.500. The Morgan fingerprint density at radius 3 is 2.55 bits per heavy atom. The van der Waals surface area contributed by atoms with Crippen molar-refractivity contribution in [2.24, 2.45) is 0 Å². The fourth-order valence-electron chi connectivity index (χ4n) is 2.06. The number of rotatable bonds is 4. The summed E-state index contributed by atoms with van der Waals surface area (Å²) in [4.78, 5) is 12.3. The third-order valence-corrected chi connectivity index (χ3v) is 3.40. The maximum Gasteiger partial charge on any atom is 0.231 e. The molecular formula is C16H15ClFNO. The molecule has 0 aliphatic rings. The molecule has 2 aromatic carbocycles. The van der Waals surface area contributed by atoms with Crippen molar-refractivity contribution < 1.29 is 9.18 Å². The monoisotopic (exact) mass is 291 g/mol. The molecule has 0 radical (unpaired) electrons. The molecule has 1 amide bonds. The van der Waals surface area contributed by atoms with E-state index in [0.29, 0.717) is 12.1 Å². The van der Waals surface area contributed by atoms with Gasteiger partial charge in [-0.15, -0.1) is 0 Å². The molecule has 2 rings (SSSR count). The van der Waals surface area contributed by atoms with Crippen molar-refractivity contribution in [1.82, 2.24) is 0 Å². The summed E-state index contributed by atoms with van der Waals surface area (Å²) in [7, 11) is 0. The number of hydrogen-bond donors (Lipinski definition) is 1. The van der Waals surface area contributed by atoms with Gasteiger partial charge in [-0.3, -0.25) is 4.79 Å². The van der Waals surface area contributed by atoms with Crippen molar-refractivity contribution >= 4 is 23.2 Å². The summed E-state index contributed by atoms with van der Waals surface area (Å²) >= 11 is 5.70. The quantitative estimate of drug-likeness (QED) is 0.875. The topological polar surface area (TPSA) is 29.1 Å². The highest BCUT2D eigenvalue weighted by atomic mass is 35.5. The summed E-state index contributed by atoms with van der Waals surface area (Å²) in [5.74, 6) is -0.860. The highest BCUT2D eigenvalue weighted by molar-refractivity contribution is 6.31. The van der Waals surface area contributed by atoms with Gasteiger partial charge >= 0.3 is 0 Å². The Balaban J connectivity index is 2.15. The lowest BCUT2D eigenvalue weighted by atomic mass is 9.95. The number of halogens is 2. The highest BCUT2D eigenvalue weighted by Gasteiger charge is 2.18. The molecular weight excluding hydrogens is 277 g/mol. The predicted octanol–water partition coefficient (Wildman–Crippen LogP) is 4.61. The van der Waals surface area contributed by atoms with Crippen LogP contribution in [-0.2, 0) is 4.79 Å². The van der Waals surface area contributed by atoms with Crippen LogP contribution in [0.3, 0.4) is 0 Å². The van der Waals surface area contributed by atoms with Crippen molar-refractivity contribution in [3.63, 3.8) is 0 Å². The second-order valence-electron chi connectivity index (χ2n) is 4.49. The number of carbonyl (C=O) groups is 1. The van der Waals surface area contributed by atoms with E-state index in [-0.39, 0.29) is 16.8 Å². The van der Waals surface area contributed by atoms with Crippen LogP contribution in [0.1, 0.15) is 24.8 Å². The standard InChI is InChI=1S/C16H15ClFNO/c1-2-13(11-6-4-3-5-7-11)16(20)19-12-8-9-15(18)14(17)10-12/h3-10,13H,2H2,1H3,(H,19,20)/t13-/m1/s1. The van der Waals surface area contributed by atoms with Crippen molar-refractivity contribution in [3.8, 4) is 0 Å². The third-order valence-electron chi connectivity index (χ3n) is 3.11. The van der Waals surface area contributed by atoms with Gasteiger partial charge in [0.2, 0.25) is 5.91 Å². The Labute approximate surface area is 122 Å². The van der Waals surface area contributed by atoms with Crippen LogP contribution in [0, 0.1) is 5.82 Å². The van der Waals surface area contributed by atoms with Crippen LogP contribution in [0.15, 0.2) is 48.5 Å². The van der Waals surface area contributed by atoms with Crippen molar-refractivity contribution in [1.29, 1.82) is 0 Å². The summed E-state index contributed by atoms with van der Waals surface area (Å²) in [5, 5.41) is 2.77. The molecule has 0 bridgehead atoms. The molecule has 1 N–H and O–H groups in total. The summed E-state index contributed by atoms with van der Waals surface area (Å²) in [6, 6.07) is 13.7. The molecule has 104 valence electrons. The second kappa shape index (κ2) is 6.53. The first-order valence-electron chi connectivity index (χ1n) is 6.42. The normalized spacial score (nSPS) is 11.9. The summed E-state index contributed by atoms with van der Waals surface area (Å²) < 4.78 is 13.1. The lowest BCUT2D eigenvalue weighted by Gasteiger charge is -2.15. The Hall–Kier alpha value is -1.87. The van der Waals surface area contributed by atoms with Crippen molar-refractivity contribution in [2.45, 2.75) is 19.3 Å². The molecule has 0 aromatic heterocycles. The molecule has 0 aliphatic heterocycles. The van der Waals surface area contributed by atoms with E-state index in [4.69, 9.17) is 11.6 Å². The van der Waals surface area contributed by atoms with Gasteiger partial charge in [0.25, 0.3) is 0 Å². The fraction of sp³-hybridized carbons (Fsp3) is 0.188. The van der Waals surface area contributed by atoms with E-state index < -0.39 is 5.82 Å². The number of nitrogens with one attached hydrogen (secondary N) is 1. The molecule has 0 aliphatic carbocycles. The lowest BCUT2D eigenvalue weighted by molar-refractivity contribution is -0.117. The van der Waals surface area contributed by atoms with Crippen LogP contribution < -0.4 is 5.32 Å². The maximum absolute atomic E-state index is 13.1. The minimum absolute atomic E-state index is 0.00411. The van der Waals surface area contributed by atoms with E-state index in [2.05, 4.69) is 5.32 Å². The number of anilines is 1. The first kappa shape index (κ1) is 14.5. The predicted molar refractivity (Wildman–Crippen MR) is 79.5 cm³/mol. The molecule has 0 fully saturated rings. The zero-order valence-corrected chi connectivity index (χ0v) is 11.8. The number of hydrogen-bond acceptors (Lipinski definition) is 1. The fourth-order valence-corrected chi connectivity index (χ4v) is 2.24. The smallest absolute Gasteiger partial charge is 0.231 e. The summed E-state index contributed by atoms with van der Waals surface area (Å²) in [5.41, 5.74) is 1.46. The zero-order chi connectivity index (χ0) is 14.5. The number of benzene rings is 2. The van der Waals surface area contributed by atoms with Crippen LogP contribution in [0.25, 0.3) is 0 Å². The lowest BCUT2D eigenvalue weighted by Crippen LogP contribution is -2.20. The molecule has 0 unspecified atom stereocenters. The first-order chi connectivity index (χ1) is 9.61. The van der Waals surface area contributed by atoms with Gasteiger partial charge in [0.1, 0.15) is 5.82 Å². The van der Waals surface area contributed by atoms with Crippen LogP contribution in [0.4, 0.5) is 10.1 Å². The third kappa shape index (κ3) is 3.36. The van der Waals surface area contributed by atoms with Crippen LogP contribution in [0.5, 0.6) is 0 Å². The van der Waals surface area contributed by atoms with Crippen molar-refractivity contribution in [3.05, 3.63) is 64.9 Å². The van der Waals surface area contributed by atoms with Crippen LogP contribution in [-0.4, -0.2) is 5.91 Å². The van der Waals surface area contributed by atoms with E-state index in [1.165, 1.54) is 18.2 Å². The Morgan fingerprint density at radius 2 is 1.95 bits per heavy atom. The zero-order valence-electron chi connectivity index (χ0n) is 11.1. The molecule has 20 heavy (non-hydrogen) atoms. The van der Waals surface area contributed by atoms with Gasteiger partial charge in [0.05, 0.1) is 10.9 Å². The van der Waals surface area contributed by atoms with E-state index >= 15 is 0 Å². The van der Waals surface area contributed by atoms with Crippen molar-refractivity contribution in [2.75, 3.05) is 5.32 Å². The summed E-state index contributed by atoms with van der Waals surface area (Å²) in [6.45, 7) is 1.95. The van der Waals surface area contributed by atoms with Gasteiger partial charge < -0.3 is 5.32 Å². The van der Waals surface area contributed by atoms with Gasteiger partial charge in [-0.2, -0.15) is 0 Å². The Kier molecular flexibility index (Phi) is 4.74. The average molecular weight is 292 g/mol. The minimum Gasteiger partial charge on any atom is -0.326 e. The maximum atomic E-state index is 13.1. The number of carbonyl (C=O) groups excluding carboxylic acids is 1. The van der Waals surface area contributed by atoms with E-state index in [1.54, 1.807) is 0 Å². The van der Waals surface area contributed by atoms with E-state index in [1.807, 2.05) is 37.3 Å². The van der Waals surface area contributed by atoms with Gasteiger partial charge in [-0.1, -0.05) is 48.9 Å². The van der Waals surface area contributed by atoms with Gasteiger partial charge in [0.15, 0.2) is 0 Å².